The van der Waals surface area contributed by atoms with Crippen LogP contribution in [0.3, 0.4) is 0 Å². The molecule has 2 aromatic rings. The normalized spacial score (nSPS) is 23.7. The number of H-pyrrole nitrogens is 1. The standard InChI is InChI=1S/C25H37N3O2/c1-17-22(20-9-5-6-10-21(20)27-17)18-11-13-28(14-12-18)24(29)26-16-19-8-7-15-30-23(19)25(2,3)4/h5-6,9-10,18-19,23,27H,7-8,11-16H2,1-4H3,(H,26,29)/t19-,23+/m0/s1. The minimum atomic E-state index is 0.0855. The molecule has 2 N–H and O–H groups in total. The second kappa shape index (κ2) is 8.62. The monoisotopic (exact) mass is 411 g/mol. The number of aromatic nitrogens is 1. The number of para-hydroxylation sites is 1. The molecule has 5 heteroatoms. The number of benzene rings is 1. The van der Waals surface area contributed by atoms with Gasteiger partial charge in [0, 0.05) is 48.8 Å². The Hall–Kier alpha value is -2.01. The Labute approximate surface area is 180 Å². The second-order valence-corrected chi connectivity index (χ2v) is 10.2. The topological polar surface area (TPSA) is 57.4 Å². The van der Waals surface area contributed by atoms with Crippen LogP contribution in [-0.2, 0) is 4.74 Å². The lowest BCUT2D eigenvalue weighted by Gasteiger charge is -2.40. The number of hydrogen-bond donors (Lipinski definition) is 2. The first-order valence-electron chi connectivity index (χ1n) is 11.6. The third-order valence-corrected chi connectivity index (χ3v) is 6.95. The first kappa shape index (κ1) is 21.2. The summed E-state index contributed by atoms with van der Waals surface area (Å²) < 4.78 is 6.07. The molecule has 2 amide bonds. The summed E-state index contributed by atoms with van der Waals surface area (Å²) in [5.41, 5.74) is 4.03. The summed E-state index contributed by atoms with van der Waals surface area (Å²) in [6.07, 6.45) is 4.47. The molecule has 0 unspecified atom stereocenters. The van der Waals surface area contributed by atoms with E-state index in [1.54, 1.807) is 0 Å². The van der Waals surface area contributed by atoms with E-state index in [0.29, 0.717) is 18.4 Å². The summed E-state index contributed by atoms with van der Waals surface area (Å²) in [6, 6.07) is 8.64. The number of amides is 2. The number of nitrogens with zero attached hydrogens (tertiary/aromatic N) is 1. The molecule has 5 nitrogen and oxygen atoms in total. The highest BCUT2D eigenvalue weighted by molar-refractivity contribution is 5.85. The smallest absolute Gasteiger partial charge is 0.317 e. The van der Waals surface area contributed by atoms with Crippen molar-refractivity contribution in [1.82, 2.24) is 15.2 Å². The van der Waals surface area contributed by atoms with Gasteiger partial charge in [-0.1, -0.05) is 39.0 Å². The predicted octanol–water partition coefficient (Wildman–Crippen LogP) is 5.21. The fraction of sp³-hybridized carbons (Fsp3) is 0.640. The Morgan fingerprint density at radius 2 is 1.93 bits per heavy atom. The minimum absolute atomic E-state index is 0.0855. The van der Waals surface area contributed by atoms with E-state index in [-0.39, 0.29) is 17.6 Å². The molecule has 0 spiro atoms. The maximum absolute atomic E-state index is 12.8. The number of fused-ring (bicyclic) bond motifs is 1. The van der Waals surface area contributed by atoms with Gasteiger partial charge in [-0.25, -0.2) is 4.79 Å². The third kappa shape index (κ3) is 4.36. The predicted molar refractivity (Wildman–Crippen MR) is 122 cm³/mol. The largest absolute Gasteiger partial charge is 0.377 e. The van der Waals surface area contributed by atoms with Gasteiger partial charge in [-0.2, -0.15) is 0 Å². The average molecular weight is 412 g/mol. The summed E-state index contributed by atoms with van der Waals surface area (Å²) in [4.78, 5) is 18.4. The molecule has 2 fully saturated rings. The van der Waals surface area contributed by atoms with Crippen molar-refractivity contribution < 1.29 is 9.53 Å². The van der Waals surface area contributed by atoms with Crippen molar-refractivity contribution in [2.24, 2.45) is 11.3 Å². The van der Waals surface area contributed by atoms with Gasteiger partial charge >= 0.3 is 6.03 Å². The van der Waals surface area contributed by atoms with Gasteiger partial charge in [-0.3, -0.25) is 0 Å². The number of nitrogens with one attached hydrogen (secondary N) is 2. The lowest BCUT2D eigenvalue weighted by Crippen LogP contribution is -2.49. The van der Waals surface area contributed by atoms with Crippen molar-refractivity contribution in [2.75, 3.05) is 26.2 Å². The highest BCUT2D eigenvalue weighted by Crippen LogP contribution is 2.36. The Morgan fingerprint density at radius 1 is 1.20 bits per heavy atom. The Kier molecular flexibility index (Phi) is 6.10. The summed E-state index contributed by atoms with van der Waals surface area (Å²) in [5.74, 6) is 0.913. The number of aromatic amines is 1. The summed E-state index contributed by atoms with van der Waals surface area (Å²) in [5, 5.41) is 4.55. The van der Waals surface area contributed by atoms with Crippen LogP contribution in [0, 0.1) is 18.3 Å². The van der Waals surface area contributed by atoms with Gasteiger partial charge in [0.1, 0.15) is 0 Å². The molecular weight excluding hydrogens is 374 g/mol. The minimum Gasteiger partial charge on any atom is -0.377 e. The maximum atomic E-state index is 12.8. The van der Waals surface area contributed by atoms with Crippen LogP contribution in [0.5, 0.6) is 0 Å². The Bertz CT molecular complexity index is 874. The molecule has 0 aliphatic carbocycles. The molecule has 2 aliphatic rings. The van der Waals surface area contributed by atoms with Gasteiger partial charge in [0.2, 0.25) is 0 Å². The third-order valence-electron chi connectivity index (χ3n) is 6.95. The highest BCUT2D eigenvalue weighted by atomic mass is 16.5. The lowest BCUT2D eigenvalue weighted by molar-refractivity contribution is -0.0839. The molecule has 0 saturated carbocycles. The molecule has 0 radical (unpaired) electrons. The van der Waals surface area contributed by atoms with Crippen LogP contribution in [0.2, 0.25) is 0 Å². The quantitative estimate of drug-likeness (QED) is 0.729. The molecule has 2 atom stereocenters. The van der Waals surface area contributed by atoms with Gasteiger partial charge in [0.25, 0.3) is 0 Å². The first-order valence-corrected chi connectivity index (χ1v) is 11.6. The number of hydrogen-bond acceptors (Lipinski definition) is 2. The van der Waals surface area contributed by atoms with Crippen LogP contribution in [0.15, 0.2) is 24.3 Å². The average Bonchev–Trinajstić information content (AvgIpc) is 3.07. The van der Waals surface area contributed by atoms with E-state index in [1.165, 1.54) is 22.2 Å². The number of ether oxygens (including phenoxy) is 1. The van der Waals surface area contributed by atoms with Crippen LogP contribution < -0.4 is 5.32 Å². The zero-order valence-electron chi connectivity index (χ0n) is 19.0. The van der Waals surface area contributed by atoms with Crippen molar-refractivity contribution in [3.8, 4) is 0 Å². The first-order chi connectivity index (χ1) is 14.3. The van der Waals surface area contributed by atoms with E-state index in [1.807, 2.05) is 4.90 Å². The van der Waals surface area contributed by atoms with Gasteiger partial charge in [0.05, 0.1) is 6.10 Å². The van der Waals surface area contributed by atoms with Gasteiger partial charge < -0.3 is 19.9 Å². The summed E-state index contributed by atoms with van der Waals surface area (Å²) >= 11 is 0. The molecule has 3 heterocycles. The van der Waals surface area contributed by atoms with E-state index in [2.05, 4.69) is 62.3 Å². The van der Waals surface area contributed by atoms with Crippen molar-refractivity contribution in [3.05, 3.63) is 35.5 Å². The lowest BCUT2D eigenvalue weighted by atomic mass is 9.78. The molecule has 164 valence electrons. The number of piperidine rings is 1. The molecule has 2 saturated heterocycles. The van der Waals surface area contributed by atoms with E-state index in [9.17, 15) is 4.79 Å². The van der Waals surface area contributed by atoms with Gasteiger partial charge in [0.15, 0.2) is 0 Å². The van der Waals surface area contributed by atoms with Gasteiger partial charge in [-0.05, 0) is 55.6 Å². The fourth-order valence-corrected chi connectivity index (χ4v) is 5.54. The van der Waals surface area contributed by atoms with Crippen LogP contribution in [0.4, 0.5) is 4.79 Å². The van der Waals surface area contributed by atoms with Crippen LogP contribution in [0.1, 0.15) is 63.6 Å². The molecule has 0 bridgehead atoms. The maximum Gasteiger partial charge on any atom is 0.317 e. The Morgan fingerprint density at radius 3 is 2.67 bits per heavy atom. The molecule has 2 aliphatic heterocycles. The molecule has 30 heavy (non-hydrogen) atoms. The highest BCUT2D eigenvalue weighted by Gasteiger charge is 2.36. The van der Waals surface area contributed by atoms with E-state index in [0.717, 1.165) is 45.4 Å². The Balaban J connectivity index is 1.33. The van der Waals surface area contributed by atoms with E-state index < -0.39 is 0 Å². The van der Waals surface area contributed by atoms with Crippen molar-refractivity contribution in [3.63, 3.8) is 0 Å². The fourth-order valence-electron chi connectivity index (χ4n) is 5.54. The molecule has 4 rings (SSSR count). The molecule has 1 aromatic heterocycles. The number of rotatable bonds is 3. The zero-order chi connectivity index (χ0) is 21.3. The number of carbonyl (C=O) groups is 1. The number of urea groups is 1. The summed E-state index contributed by atoms with van der Waals surface area (Å²) in [6.45, 7) is 12.1. The van der Waals surface area contributed by atoms with E-state index >= 15 is 0 Å². The zero-order valence-corrected chi connectivity index (χ0v) is 19.0. The summed E-state index contributed by atoms with van der Waals surface area (Å²) in [7, 11) is 0. The van der Waals surface area contributed by atoms with Crippen LogP contribution in [-0.4, -0.2) is 48.3 Å². The van der Waals surface area contributed by atoms with Gasteiger partial charge in [-0.15, -0.1) is 0 Å². The number of aryl methyl sites for hydroxylation is 1. The van der Waals surface area contributed by atoms with Crippen molar-refractivity contribution in [2.45, 2.75) is 65.4 Å². The van der Waals surface area contributed by atoms with E-state index in [4.69, 9.17) is 4.74 Å². The van der Waals surface area contributed by atoms with Crippen LogP contribution in [0.25, 0.3) is 10.9 Å². The second-order valence-electron chi connectivity index (χ2n) is 10.2. The molecule has 1 aromatic carbocycles. The number of carbonyl (C=O) groups excluding carboxylic acids is 1. The SMILES string of the molecule is Cc1[nH]c2ccccc2c1C1CCN(C(=O)NC[C@@H]2CCCO[C@H]2C(C)(C)C)CC1. The van der Waals surface area contributed by atoms with Crippen molar-refractivity contribution >= 4 is 16.9 Å². The van der Waals surface area contributed by atoms with Crippen LogP contribution >= 0.6 is 0 Å². The van der Waals surface area contributed by atoms with Crippen molar-refractivity contribution in [1.29, 1.82) is 0 Å². The molecular formula is C25H37N3O2. The number of likely N-dealkylation sites (tertiary alicyclic amines) is 1.